The Labute approximate surface area is 195 Å². The van der Waals surface area contributed by atoms with Gasteiger partial charge >= 0.3 is 6.03 Å². The first-order valence-corrected chi connectivity index (χ1v) is 11.3. The van der Waals surface area contributed by atoms with Gasteiger partial charge < -0.3 is 19.9 Å². The Hall–Kier alpha value is -3.36. The van der Waals surface area contributed by atoms with E-state index in [0.29, 0.717) is 13.1 Å². The predicted octanol–water partition coefficient (Wildman–Crippen LogP) is 3.37. The van der Waals surface area contributed by atoms with E-state index in [2.05, 4.69) is 32.4 Å². The van der Waals surface area contributed by atoms with Crippen molar-refractivity contribution in [2.24, 2.45) is 0 Å². The highest BCUT2D eigenvalue weighted by Gasteiger charge is 2.19. The number of carbonyl (C=O) groups is 1. The molecule has 0 radical (unpaired) electrons. The summed E-state index contributed by atoms with van der Waals surface area (Å²) in [4.78, 5) is 19.9. The number of anilines is 1. The van der Waals surface area contributed by atoms with Crippen LogP contribution in [0.3, 0.4) is 0 Å². The van der Waals surface area contributed by atoms with Gasteiger partial charge in [-0.25, -0.2) is 4.79 Å². The second-order valence-corrected chi connectivity index (χ2v) is 8.41. The van der Waals surface area contributed by atoms with Crippen LogP contribution in [-0.4, -0.2) is 84.4 Å². The van der Waals surface area contributed by atoms with Crippen LogP contribution in [0.1, 0.15) is 5.56 Å². The molecule has 1 aromatic heterocycles. The van der Waals surface area contributed by atoms with Crippen molar-refractivity contribution >= 4 is 11.7 Å². The number of benzene rings is 2. The van der Waals surface area contributed by atoms with Crippen molar-refractivity contribution in [2.45, 2.75) is 6.54 Å². The summed E-state index contributed by atoms with van der Waals surface area (Å²) in [5, 5.41) is 9.88. The fourth-order valence-corrected chi connectivity index (χ4v) is 3.93. The third kappa shape index (κ3) is 6.34. The van der Waals surface area contributed by atoms with Crippen LogP contribution in [-0.2, 0) is 6.54 Å². The van der Waals surface area contributed by atoms with Crippen molar-refractivity contribution in [3.05, 3.63) is 66.5 Å². The van der Waals surface area contributed by atoms with Crippen molar-refractivity contribution in [3.63, 3.8) is 0 Å². The number of aromatic amines is 1. The van der Waals surface area contributed by atoms with Crippen LogP contribution >= 0.6 is 0 Å². The Kier molecular flexibility index (Phi) is 7.59. The largest absolute Gasteiger partial charge is 0.497 e. The molecule has 4 rings (SSSR count). The SMILES string of the molecule is COc1cccc(CN(CCN2CCN(C)CC2)C(=O)Nc2ccc(-c3cn[nH]c3)cc2)c1. The summed E-state index contributed by atoms with van der Waals surface area (Å²) >= 11 is 0. The van der Waals surface area contributed by atoms with Gasteiger partial charge in [-0.2, -0.15) is 5.10 Å². The molecule has 1 aliphatic rings. The topological polar surface area (TPSA) is 76.7 Å². The summed E-state index contributed by atoms with van der Waals surface area (Å²) in [6.07, 6.45) is 3.63. The van der Waals surface area contributed by atoms with Crippen LogP contribution in [0.4, 0.5) is 10.5 Å². The first-order chi connectivity index (χ1) is 16.1. The molecule has 2 aromatic carbocycles. The molecule has 0 aliphatic carbocycles. The zero-order valence-corrected chi connectivity index (χ0v) is 19.3. The highest BCUT2D eigenvalue weighted by molar-refractivity contribution is 5.89. The zero-order valence-electron chi connectivity index (χ0n) is 19.3. The van der Waals surface area contributed by atoms with Crippen molar-refractivity contribution in [1.29, 1.82) is 0 Å². The van der Waals surface area contributed by atoms with Crippen molar-refractivity contribution in [1.82, 2.24) is 24.9 Å². The normalized spacial score (nSPS) is 14.7. The number of rotatable bonds is 8. The molecule has 0 unspecified atom stereocenters. The van der Waals surface area contributed by atoms with E-state index >= 15 is 0 Å². The number of nitrogens with zero attached hydrogens (tertiary/aromatic N) is 4. The van der Waals surface area contributed by atoms with Gasteiger partial charge in [-0.3, -0.25) is 10.00 Å². The van der Waals surface area contributed by atoms with Gasteiger partial charge in [0.25, 0.3) is 0 Å². The van der Waals surface area contributed by atoms with E-state index in [0.717, 1.165) is 60.9 Å². The average molecular weight is 449 g/mol. The highest BCUT2D eigenvalue weighted by Crippen LogP contribution is 2.21. The zero-order chi connectivity index (χ0) is 23.0. The first-order valence-electron chi connectivity index (χ1n) is 11.3. The summed E-state index contributed by atoms with van der Waals surface area (Å²) in [5.41, 5.74) is 3.87. The maximum absolute atomic E-state index is 13.3. The third-order valence-electron chi connectivity index (χ3n) is 6.04. The molecule has 0 atom stereocenters. The number of piperazine rings is 1. The number of carbonyl (C=O) groups excluding carboxylic acids is 1. The molecule has 0 bridgehead atoms. The van der Waals surface area contributed by atoms with E-state index in [-0.39, 0.29) is 6.03 Å². The lowest BCUT2D eigenvalue weighted by molar-refractivity contribution is 0.138. The van der Waals surface area contributed by atoms with E-state index in [1.807, 2.05) is 59.6 Å². The Morgan fingerprint density at radius 2 is 1.91 bits per heavy atom. The Morgan fingerprint density at radius 1 is 1.12 bits per heavy atom. The second kappa shape index (κ2) is 11.0. The molecule has 1 saturated heterocycles. The fourth-order valence-electron chi connectivity index (χ4n) is 3.93. The van der Waals surface area contributed by atoms with E-state index in [1.165, 1.54) is 0 Å². The fraction of sp³-hybridized carbons (Fsp3) is 0.360. The van der Waals surface area contributed by atoms with Crippen LogP contribution in [0.15, 0.2) is 60.9 Å². The Balaban J connectivity index is 1.43. The number of methoxy groups -OCH3 is 1. The van der Waals surface area contributed by atoms with Crippen LogP contribution in [0.25, 0.3) is 11.1 Å². The van der Waals surface area contributed by atoms with Crippen LogP contribution in [0.5, 0.6) is 5.75 Å². The summed E-state index contributed by atoms with van der Waals surface area (Å²) in [6.45, 7) is 6.20. The molecule has 0 saturated carbocycles. The molecule has 2 amide bonds. The number of H-pyrrole nitrogens is 1. The lowest BCUT2D eigenvalue weighted by Gasteiger charge is -2.34. The van der Waals surface area contributed by atoms with Gasteiger partial charge in [0.2, 0.25) is 0 Å². The number of nitrogens with one attached hydrogen (secondary N) is 2. The van der Waals surface area contributed by atoms with E-state index < -0.39 is 0 Å². The maximum atomic E-state index is 13.3. The molecule has 2 heterocycles. The molecule has 33 heavy (non-hydrogen) atoms. The van der Waals surface area contributed by atoms with Crippen LogP contribution in [0.2, 0.25) is 0 Å². The number of likely N-dealkylation sites (N-methyl/N-ethyl adjacent to an activating group) is 1. The third-order valence-corrected chi connectivity index (χ3v) is 6.04. The average Bonchev–Trinajstić information content (AvgIpc) is 3.38. The molecular weight excluding hydrogens is 416 g/mol. The van der Waals surface area contributed by atoms with E-state index in [4.69, 9.17) is 4.74 Å². The Bertz CT molecular complexity index is 1010. The summed E-state index contributed by atoms with van der Waals surface area (Å²) in [6, 6.07) is 15.6. The molecule has 1 fully saturated rings. The predicted molar refractivity (Wildman–Crippen MR) is 130 cm³/mol. The number of hydrogen-bond donors (Lipinski definition) is 2. The van der Waals surface area contributed by atoms with Crippen molar-refractivity contribution in [3.8, 4) is 16.9 Å². The van der Waals surface area contributed by atoms with Crippen molar-refractivity contribution < 1.29 is 9.53 Å². The van der Waals surface area contributed by atoms with E-state index in [1.54, 1.807) is 13.3 Å². The molecular formula is C25H32N6O2. The summed E-state index contributed by atoms with van der Waals surface area (Å²) in [7, 11) is 3.81. The van der Waals surface area contributed by atoms with Gasteiger partial charge in [0.05, 0.1) is 13.3 Å². The van der Waals surface area contributed by atoms with Gasteiger partial charge in [-0.1, -0.05) is 24.3 Å². The lowest BCUT2D eigenvalue weighted by Crippen LogP contribution is -2.48. The van der Waals surface area contributed by atoms with Gasteiger partial charge in [0, 0.05) is 63.3 Å². The number of urea groups is 1. The second-order valence-electron chi connectivity index (χ2n) is 8.41. The Morgan fingerprint density at radius 3 is 2.61 bits per heavy atom. The standard InChI is InChI=1S/C25H32N6O2/c1-29-10-12-30(13-11-29)14-15-31(19-20-4-3-5-24(16-20)33-2)25(32)28-23-8-6-21(7-9-23)22-17-26-27-18-22/h3-9,16-18H,10-15,19H2,1-2H3,(H,26,27)(H,28,32). The van der Waals surface area contributed by atoms with Crippen LogP contribution < -0.4 is 10.1 Å². The van der Waals surface area contributed by atoms with Gasteiger partial charge in [0.1, 0.15) is 5.75 Å². The molecule has 3 aromatic rings. The van der Waals surface area contributed by atoms with Crippen molar-refractivity contribution in [2.75, 3.05) is 58.7 Å². The maximum Gasteiger partial charge on any atom is 0.322 e. The molecule has 174 valence electrons. The number of hydrogen-bond acceptors (Lipinski definition) is 5. The van der Waals surface area contributed by atoms with Gasteiger partial charge in [-0.05, 0) is 42.4 Å². The molecule has 0 spiro atoms. The molecule has 8 heteroatoms. The van der Waals surface area contributed by atoms with E-state index in [9.17, 15) is 4.79 Å². The quantitative estimate of drug-likeness (QED) is 0.553. The number of aromatic nitrogens is 2. The summed E-state index contributed by atoms with van der Waals surface area (Å²) < 4.78 is 5.36. The van der Waals surface area contributed by atoms with Crippen LogP contribution in [0, 0.1) is 0 Å². The minimum Gasteiger partial charge on any atom is -0.497 e. The molecule has 2 N–H and O–H groups in total. The number of amides is 2. The summed E-state index contributed by atoms with van der Waals surface area (Å²) in [5.74, 6) is 0.793. The highest BCUT2D eigenvalue weighted by atomic mass is 16.5. The molecule has 8 nitrogen and oxygen atoms in total. The van der Waals surface area contributed by atoms with Gasteiger partial charge in [-0.15, -0.1) is 0 Å². The monoisotopic (exact) mass is 448 g/mol. The van der Waals surface area contributed by atoms with Gasteiger partial charge in [0.15, 0.2) is 0 Å². The molecule has 1 aliphatic heterocycles. The lowest BCUT2D eigenvalue weighted by atomic mass is 10.1. The smallest absolute Gasteiger partial charge is 0.322 e. The number of ether oxygens (including phenoxy) is 1. The minimum absolute atomic E-state index is 0.108. The minimum atomic E-state index is -0.108. The first kappa shape index (κ1) is 22.8.